The molecule has 1 spiro atoms. The van der Waals surface area contributed by atoms with Gasteiger partial charge >= 0.3 is 24.2 Å². The van der Waals surface area contributed by atoms with Crippen LogP contribution < -0.4 is 10.1 Å². The van der Waals surface area contributed by atoms with Crippen molar-refractivity contribution in [2.45, 2.75) is 136 Å². The first-order chi connectivity index (χ1) is 28.4. The zero-order valence-corrected chi connectivity index (χ0v) is 36.6. The molecule has 17 heteroatoms. The molecule has 9 atom stereocenters. The van der Waals surface area contributed by atoms with Gasteiger partial charge in [-0.2, -0.15) is 0 Å². The first kappa shape index (κ1) is 47.1. The molecule has 1 amide bonds. The maximum atomic E-state index is 14.8. The van der Waals surface area contributed by atoms with Crippen molar-refractivity contribution in [3.63, 3.8) is 0 Å². The minimum absolute atomic E-state index is 0.0292. The van der Waals surface area contributed by atoms with Crippen molar-refractivity contribution in [1.82, 2.24) is 5.32 Å². The number of aliphatic hydroxyl groups excluding tert-OH is 3. The molecule has 5 rings (SSSR count). The quantitative estimate of drug-likeness (QED) is 0.111. The average molecular weight is 858 g/mol. The van der Waals surface area contributed by atoms with Gasteiger partial charge in [0.05, 0.1) is 19.8 Å². The maximum absolute atomic E-state index is 14.8. The maximum Gasteiger partial charge on any atom is 0.509 e. The molecular formula is C44H59NO16. The molecule has 0 saturated carbocycles. The number of ether oxygens (including phenoxy) is 7. The summed E-state index contributed by atoms with van der Waals surface area (Å²) in [6.07, 6.45) is -8.98. The van der Waals surface area contributed by atoms with Crippen molar-refractivity contribution in [3.8, 4) is 5.75 Å². The molecule has 2 bridgehead atoms. The summed E-state index contributed by atoms with van der Waals surface area (Å²) in [7, 11) is 1.43. The number of fused-ring (bicyclic) bond motifs is 1. The molecule has 336 valence electrons. The van der Waals surface area contributed by atoms with Crippen LogP contribution in [0.4, 0.5) is 9.59 Å². The minimum Gasteiger partial charge on any atom is -0.504 e. The van der Waals surface area contributed by atoms with Crippen LogP contribution in [0.1, 0.15) is 98.9 Å². The summed E-state index contributed by atoms with van der Waals surface area (Å²) in [6, 6.07) is 5.07. The lowest BCUT2D eigenvalue weighted by molar-refractivity contribution is -0.288. The Kier molecular flexibility index (Phi) is 13.4. The fourth-order valence-electron chi connectivity index (χ4n) is 9.81. The van der Waals surface area contributed by atoms with Gasteiger partial charge in [0.2, 0.25) is 5.78 Å². The van der Waals surface area contributed by atoms with Crippen molar-refractivity contribution >= 4 is 35.8 Å². The molecule has 2 aliphatic heterocycles. The highest BCUT2D eigenvalue weighted by molar-refractivity contribution is 6.09. The number of alkyl carbamates (subject to hydrolysis) is 1. The summed E-state index contributed by atoms with van der Waals surface area (Å²) in [4.78, 5) is 83.4. The summed E-state index contributed by atoms with van der Waals surface area (Å²) < 4.78 is 41.1. The number of rotatable bonds is 14. The fourth-order valence-corrected chi connectivity index (χ4v) is 9.81. The normalized spacial score (nSPS) is 30.4. The molecule has 2 unspecified atom stereocenters. The van der Waals surface area contributed by atoms with Crippen molar-refractivity contribution < 1.29 is 77.2 Å². The summed E-state index contributed by atoms with van der Waals surface area (Å²) in [5.41, 5.74) is -6.40. The fraction of sp³-hybridized carbons (Fsp3) is 0.636. The van der Waals surface area contributed by atoms with E-state index in [-0.39, 0.29) is 47.6 Å². The van der Waals surface area contributed by atoms with Crippen LogP contribution in [0.3, 0.4) is 0 Å². The van der Waals surface area contributed by atoms with E-state index in [4.69, 9.17) is 33.2 Å². The van der Waals surface area contributed by atoms with Crippen molar-refractivity contribution in [3.05, 3.63) is 52.3 Å². The summed E-state index contributed by atoms with van der Waals surface area (Å²) >= 11 is 0. The number of hydrogen-bond acceptors (Lipinski definition) is 16. The van der Waals surface area contributed by atoms with Crippen LogP contribution >= 0.6 is 0 Å². The smallest absolute Gasteiger partial charge is 0.504 e. The monoisotopic (exact) mass is 857 g/mol. The first-order valence-corrected chi connectivity index (χ1v) is 20.4. The summed E-state index contributed by atoms with van der Waals surface area (Å²) in [6.45, 7) is 15.0. The molecule has 17 nitrogen and oxygen atoms in total. The highest BCUT2D eigenvalue weighted by Crippen LogP contribution is 2.64. The van der Waals surface area contributed by atoms with Gasteiger partial charge in [0.1, 0.15) is 17.5 Å². The van der Waals surface area contributed by atoms with Gasteiger partial charge in [-0.1, -0.05) is 39.8 Å². The van der Waals surface area contributed by atoms with Gasteiger partial charge < -0.3 is 53.8 Å². The number of esters is 2. The zero-order chi connectivity index (χ0) is 45.6. The molecule has 2 saturated heterocycles. The van der Waals surface area contributed by atoms with Gasteiger partial charge in [0, 0.05) is 54.8 Å². The van der Waals surface area contributed by atoms with Gasteiger partial charge in [0.15, 0.2) is 41.1 Å². The van der Waals surface area contributed by atoms with Crippen molar-refractivity contribution in [2.24, 2.45) is 23.2 Å². The summed E-state index contributed by atoms with van der Waals surface area (Å²) in [5, 5.41) is 36.3. The summed E-state index contributed by atoms with van der Waals surface area (Å²) in [5.74, 6) is -6.78. The molecule has 2 heterocycles. The van der Waals surface area contributed by atoms with Gasteiger partial charge in [-0.15, -0.1) is 0 Å². The Bertz CT molecular complexity index is 1990. The van der Waals surface area contributed by atoms with Crippen LogP contribution in [0, 0.1) is 23.2 Å². The van der Waals surface area contributed by atoms with Gasteiger partial charge in [0.25, 0.3) is 0 Å². The lowest BCUT2D eigenvalue weighted by Crippen LogP contribution is -2.74. The molecule has 61 heavy (non-hydrogen) atoms. The van der Waals surface area contributed by atoms with Gasteiger partial charge in [-0.3, -0.25) is 14.4 Å². The molecular weight excluding hydrogens is 798 g/mol. The molecule has 4 N–H and O–H groups in total. The molecule has 1 aromatic carbocycles. The third-order valence-electron chi connectivity index (χ3n) is 12.2. The Morgan fingerprint density at radius 1 is 1.07 bits per heavy atom. The number of hydrogen-bond donors (Lipinski definition) is 4. The first-order valence-electron chi connectivity index (χ1n) is 20.4. The standard InChI is InChI=1S/C44H59NO16/c1-21(2)17-28(45-39(53)60-41(6,7)8)34(50)38(52)57-36-23(4)32-35(51)33(49)22(3)31(43(59-24(5)47)20-56-30(43)15-16-46)27(19-29(48)25-13-12-14-26(18-25)55-11)44(42(32,9)10)37(36)58-40(54)61-44/h12-14,18,21,27-28,30-31,34,36-37,46,49-50H,15-17,19-20H2,1-11H3,(H,45,53)/b33-22+/t27-,28-,30-,31?,34+,36+,37?,43-,44-/m0/s1. The predicted molar refractivity (Wildman–Crippen MR) is 214 cm³/mol. The molecule has 2 fully saturated rings. The number of aliphatic hydroxyl groups is 3. The Hall–Kier alpha value is -5.00. The number of Topliss-reactive ketones (excluding diaryl/α,β-unsaturated/α-hetero) is 2. The third kappa shape index (κ3) is 8.60. The minimum atomic E-state index is -2.13. The number of nitrogens with one attached hydrogen (secondary N) is 1. The topological polar surface area (TPSA) is 240 Å². The Labute approximate surface area is 355 Å². The van der Waals surface area contributed by atoms with Gasteiger partial charge in [-0.25, -0.2) is 14.4 Å². The zero-order valence-electron chi connectivity index (χ0n) is 36.6. The molecule has 2 aliphatic carbocycles. The Morgan fingerprint density at radius 2 is 1.74 bits per heavy atom. The van der Waals surface area contributed by atoms with Crippen LogP contribution in [0.2, 0.25) is 0 Å². The number of amides is 1. The number of carbonyl (C=O) groups excluding carboxylic acids is 6. The highest BCUT2D eigenvalue weighted by Gasteiger charge is 2.76. The Morgan fingerprint density at radius 3 is 2.30 bits per heavy atom. The number of ketones is 2. The van der Waals surface area contributed by atoms with E-state index >= 15 is 0 Å². The molecule has 1 aromatic rings. The molecule has 0 radical (unpaired) electrons. The van der Waals surface area contributed by atoms with Crippen LogP contribution in [0.5, 0.6) is 5.75 Å². The van der Waals surface area contributed by atoms with E-state index in [0.29, 0.717) is 5.75 Å². The lowest BCUT2D eigenvalue weighted by Gasteiger charge is -2.61. The number of allylic oxidation sites excluding steroid dienone is 1. The van der Waals surface area contributed by atoms with E-state index in [0.717, 1.165) is 6.92 Å². The number of methoxy groups -OCH3 is 1. The van der Waals surface area contributed by atoms with Crippen LogP contribution in [-0.2, 0) is 42.8 Å². The Balaban J connectivity index is 1.76. The van der Waals surface area contributed by atoms with Crippen molar-refractivity contribution in [2.75, 3.05) is 20.3 Å². The largest absolute Gasteiger partial charge is 0.509 e. The van der Waals surface area contributed by atoms with Crippen LogP contribution in [0.25, 0.3) is 0 Å². The van der Waals surface area contributed by atoms with Crippen LogP contribution in [-0.4, -0.2) is 119 Å². The van der Waals surface area contributed by atoms with E-state index < -0.39 is 119 Å². The predicted octanol–water partition coefficient (Wildman–Crippen LogP) is 4.84. The second-order valence-electron chi connectivity index (χ2n) is 18.2. The van der Waals surface area contributed by atoms with E-state index in [9.17, 15) is 44.1 Å². The van der Waals surface area contributed by atoms with Crippen molar-refractivity contribution in [1.29, 1.82) is 0 Å². The number of benzene rings is 1. The van der Waals surface area contributed by atoms with Gasteiger partial charge in [-0.05, 0) is 70.2 Å². The SMILES string of the molecule is COc1cccc(C(=O)C[C@H]2C([C@]3(OC(C)=O)CO[C@H]3CCO)/C(C)=C(/O)C(=O)C3=C(C)[C@@H](OC(=O)[C@H](O)[C@H](CC(C)C)NC(=O)OC(C)(C)C)C4OC(=O)O[C@]42C3(C)C)c1. The van der Waals surface area contributed by atoms with E-state index in [1.165, 1.54) is 27.0 Å². The second-order valence-corrected chi connectivity index (χ2v) is 18.2. The second kappa shape index (κ2) is 17.4. The third-order valence-corrected chi connectivity index (χ3v) is 12.2. The van der Waals surface area contributed by atoms with E-state index in [1.54, 1.807) is 52.8 Å². The lowest BCUT2D eigenvalue weighted by atomic mass is 9.48. The number of carbonyl (C=O) groups is 6. The molecule has 0 aromatic heterocycles. The highest BCUT2D eigenvalue weighted by atomic mass is 16.8. The van der Waals surface area contributed by atoms with Crippen LogP contribution in [0.15, 0.2) is 46.7 Å². The van der Waals surface area contributed by atoms with E-state index in [1.807, 2.05) is 13.8 Å². The average Bonchev–Trinajstić information content (AvgIpc) is 3.53. The molecule has 4 aliphatic rings. The van der Waals surface area contributed by atoms with E-state index in [2.05, 4.69) is 5.32 Å².